The third-order valence-electron chi connectivity index (χ3n) is 4.17. The summed E-state index contributed by atoms with van der Waals surface area (Å²) in [7, 11) is -2.01. The maximum Gasteiger partial charge on any atom is 0.305 e. The highest BCUT2D eigenvalue weighted by Crippen LogP contribution is 2.39. The first-order chi connectivity index (χ1) is 8.95. The number of carboxylic acid groups (broad SMARTS) is 1. The van der Waals surface area contributed by atoms with Gasteiger partial charge in [0.1, 0.15) is 0 Å². The number of rotatable bonds is 6. The summed E-state index contributed by atoms with van der Waals surface area (Å²) in [6.07, 6.45) is 0.0529. The van der Waals surface area contributed by atoms with Crippen molar-refractivity contribution in [2.24, 2.45) is 0 Å². The van der Waals surface area contributed by atoms with Crippen LogP contribution in [0.5, 0.6) is 0 Å². The average Bonchev–Trinajstić information content (AvgIpc) is 2.60. The molecule has 0 radical (unpaired) electrons. The summed E-state index contributed by atoms with van der Waals surface area (Å²) in [4.78, 5) is 11.1. The Hall–Kier alpha value is -0.433. The highest BCUT2D eigenvalue weighted by atomic mass is 28.4. The molecule has 0 spiro atoms. The Bertz CT molecular complexity index is 342. The van der Waals surface area contributed by atoms with Gasteiger partial charge in [-0.05, 0) is 25.1 Å². The monoisotopic (exact) mass is 304 g/mol. The van der Waals surface area contributed by atoms with E-state index in [1.54, 1.807) is 0 Å². The van der Waals surface area contributed by atoms with Crippen molar-refractivity contribution in [1.82, 2.24) is 0 Å². The summed E-state index contributed by atoms with van der Waals surface area (Å²) >= 11 is 0. The summed E-state index contributed by atoms with van der Waals surface area (Å²) in [6.45, 7) is 13.6. The molecule has 1 atom stereocenters. The van der Waals surface area contributed by atoms with E-state index in [4.69, 9.17) is 19.0 Å². The Morgan fingerprint density at radius 1 is 1.35 bits per heavy atom. The summed E-state index contributed by atoms with van der Waals surface area (Å²) in [5.41, 5.74) is 0. The summed E-state index contributed by atoms with van der Waals surface area (Å²) < 4.78 is 17.4. The molecule has 0 aromatic carbocycles. The average molecular weight is 304 g/mol. The molecule has 1 N–H and O–H groups in total. The zero-order valence-corrected chi connectivity index (χ0v) is 14.5. The summed E-state index contributed by atoms with van der Waals surface area (Å²) in [5.74, 6) is -1.57. The molecular formula is C14H28O5Si. The second-order valence-electron chi connectivity index (χ2n) is 7.13. The second kappa shape index (κ2) is 6.13. The first-order valence-electron chi connectivity index (χ1n) is 7.13. The Balaban J connectivity index is 2.76. The van der Waals surface area contributed by atoms with Crippen LogP contribution < -0.4 is 0 Å². The van der Waals surface area contributed by atoms with E-state index in [0.717, 1.165) is 0 Å². The molecule has 0 saturated carbocycles. The molecule has 1 saturated heterocycles. The van der Waals surface area contributed by atoms with Gasteiger partial charge in [0.15, 0.2) is 14.1 Å². The molecule has 0 aromatic heterocycles. The van der Waals surface area contributed by atoms with Gasteiger partial charge in [-0.3, -0.25) is 4.79 Å². The Morgan fingerprint density at radius 2 is 1.85 bits per heavy atom. The van der Waals surface area contributed by atoms with E-state index < -0.39 is 20.1 Å². The van der Waals surface area contributed by atoms with Crippen molar-refractivity contribution in [2.45, 2.75) is 70.6 Å². The normalized spacial score (nSPS) is 20.9. The molecule has 1 heterocycles. The van der Waals surface area contributed by atoms with Gasteiger partial charge in [0, 0.05) is 6.42 Å². The van der Waals surface area contributed by atoms with Gasteiger partial charge < -0.3 is 19.0 Å². The minimum atomic E-state index is -2.01. The molecule has 118 valence electrons. The molecule has 1 fully saturated rings. The van der Waals surface area contributed by atoms with Gasteiger partial charge in [-0.2, -0.15) is 0 Å². The van der Waals surface area contributed by atoms with E-state index in [0.29, 0.717) is 19.6 Å². The molecule has 0 aromatic rings. The van der Waals surface area contributed by atoms with Crippen molar-refractivity contribution in [1.29, 1.82) is 0 Å². The second-order valence-corrected chi connectivity index (χ2v) is 11.9. The number of carbonyl (C=O) groups is 1. The minimum absolute atomic E-state index is 0.0190. The molecule has 0 aliphatic carbocycles. The number of ether oxygens (including phenoxy) is 2. The van der Waals surface area contributed by atoms with Crippen molar-refractivity contribution in [2.75, 3.05) is 13.2 Å². The van der Waals surface area contributed by atoms with Crippen LogP contribution in [-0.2, 0) is 18.7 Å². The third-order valence-corrected chi connectivity index (χ3v) is 8.70. The quantitative estimate of drug-likeness (QED) is 0.764. The van der Waals surface area contributed by atoms with Gasteiger partial charge in [0.2, 0.25) is 0 Å². The standard InChI is InChI=1S/C14H28O5Si/c1-13(2,3)20(5,6)19-11(9-12(15)16)10-14(4)17-7-8-18-14/h11H,7-10H2,1-6H3,(H,15,16)/t11-/m0/s1. The van der Waals surface area contributed by atoms with Crippen LogP contribution in [0.1, 0.15) is 40.5 Å². The van der Waals surface area contributed by atoms with Crippen LogP contribution in [0.2, 0.25) is 18.1 Å². The largest absolute Gasteiger partial charge is 0.481 e. The molecule has 5 nitrogen and oxygen atoms in total. The molecule has 20 heavy (non-hydrogen) atoms. The molecular weight excluding hydrogens is 276 g/mol. The topological polar surface area (TPSA) is 65.0 Å². The van der Waals surface area contributed by atoms with E-state index in [1.807, 2.05) is 6.92 Å². The van der Waals surface area contributed by atoms with Crippen LogP contribution >= 0.6 is 0 Å². The summed E-state index contributed by atoms with van der Waals surface area (Å²) in [6, 6.07) is 0. The van der Waals surface area contributed by atoms with E-state index in [9.17, 15) is 4.79 Å². The molecule has 1 rings (SSSR count). The van der Waals surface area contributed by atoms with Gasteiger partial charge in [-0.15, -0.1) is 0 Å². The van der Waals surface area contributed by atoms with Gasteiger partial charge >= 0.3 is 5.97 Å². The first-order valence-corrected chi connectivity index (χ1v) is 10.0. The van der Waals surface area contributed by atoms with E-state index >= 15 is 0 Å². The lowest BCUT2D eigenvalue weighted by atomic mass is 10.1. The van der Waals surface area contributed by atoms with Gasteiger partial charge in [-0.25, -0.2) is 0 Å². The lowest BCUT2D eigenvalue weighted by Gasteiger charge is -2.40. The van der Waals surface area contributed by atoms with Gasteiger partial charge in [0.25, 0.3) is 0 Å². The van der Waals surface area contributed by atoms with Crippen LogP contribution in [0.25, 0.3) is 0 Å². The molecule has 1 aliphatic rings. The van der Waals surface area contributed by atoms with Crippen molar-refractivity contribution in [3.63, 3.8) is 0 Å². The van der Waals surface area contributed by atoms with E-state index in [1.165, 1.54) is 0 Å². The van der Waals surface area contributed by atoms with Crippen LogP contribution in [0.15, 0.2) is 0 Å². The van der Waals surface area contributed by atoms with Crippen molar-refractivity contribution < 1.29 is 23.8 Å². The maximum absolute atomic E-state index is 11.1. The van der Waals surface area contributed by atoms with Crippen LogP contribution in [0, 0.1) is 0 Å². The van der Waals surface area contributed by atoms with Gasteiger partial charge in [-0.1, -0.05) is 20.8 Å². The van der Waals surface area contributed by atoms with Crippen LogP contribution in [0.3, 0.4) is 0 Å². The molecule has 0 unspecified atom stereocenters. The fourth-order valence-corrected chi connectivity index (χ4v) is 3.39. The molecule has 0 bridgehead atoms. The number of hydrogen-bond acceptors (Lipinski definition) is 4. The summed E-state index contributed by atoms with van der Waals surface area (Å²) in [5, 5.41) is 9.14. The SMILES string of the molecule is CC1(C[C@H](CC(=O)O)O[Si](C)(C)C(C)(C)C)OCCO1. The maximum atomic E-state index is 11.1. The zero-order valence-electron chi connectivity index (χ0n) is 13.5. The Morgan fingerprint density at radius 3 is 2.25 bits per heavy atom. The van der Waals surface area contributed by atoms with E-state index in [2.05, 4.69) is 33.9 Å². The smallest absolute Gasteiger partial charge is 0.305 e. The van der Waals surface area contributed by atoms with Crippen LogP contribution in [-0.4, -0.2) is 44.5 Å². The third kappa shape index (κ3) is 4.84. The van der Waals surface area contributed by atoms with Crippen LogP contribution in [0.4, 0.5) is 0 Å². The fraction of sp³-hybridized carbons (Fsp3) is 0.929. The minimum Gasteiger partial charge on any atom is -0.481 e. The van der Waals surface area contributed by atoms with E-state index in [-0.39, 0.29) is 17.6 Å². The Kier molecular flexibility index (Phi) is 5.40. The van der Waals surface area contributed by atoms with Gasteiger partial charge in [0.05, 0.1) is 25.7 Å². The highest BCUT2D eigenvalue weighted by molar-refractivity contribution is 6.74. The van der Waals surface area contributed by atoms with Crippen molar-refractivity contribution >= 4 is 14.3 Å². The Labute approximate surface area is 122 Å². The molecule has 6 heteroatoms. The van der Waals surface area contributed by atoms with Crippen molar-refractivity contribution in [3.8, 4) is 0 Å². The lowest BCUT2D eigenvalue weighted by molar-refractivity contribution is -0.164. The lowest BCUT2D eigenvalue weighted by Crippen LogP contribution is -2.46. The molecule has 0 amide bonds. The zero-order chi connectivity index (χ0) is 15.6. The predicted molar refractivity (Wildman–Crippen MR) is 79.2 cm³/mol. The fourth-order valence-electron chi connectivity index (χ4n) is 2.03. The highest BCUT2D eigenvalue weighted by Gasteiger charge is 2.42. The number of hydrogen-bond donors (Lipinski definition) is 1. The van der Waals surface area contributed by atoms with Crippen molar-refractivity contribution in [3.05, 3.63) is 0 Å². The molecule has 1 aliphatic heterocycles. The predicted octanol–water partition coefficient (Wildman–Crippen LogP) is 3.00. The number of aliphatic carboxylic acids is 1. The number of carboxylic acids is 1. The first kappa shape index (κ1) is 17.6.